The summed E-state index contributed by atoms with van der Waals surface area (Å²) >= 11 is 0. The van der Waals surface area contributed by atoms with Crippen molar-refractivity contribution in [2.24, 2.45) is 0 Å². The maximum absolute atomic E-state index is 9.44. The Labute approximate surface area is 92.3 Å². The lowest BCUT2D eigenvalue weighted by Crippen LogP contribution is -1.88. The molecular weight excluding hydrogens is 202 g/mol. The number of oxazole rings is 1. The molecule has 80 valence electrons. The molecule has 0 fully saturated rings. The van der Waals surface area contributed by atoms with Crippen LogP contribution in [0.25, 0.3) is 21.9 Å². The van der Waals surface area contributed by atoms with E-state index < -0.39 is 6.10 Å². The summed E-state index contributed by atoms with van der Waals surface area (Å²) in [4.78, 5) is 4.25. The molecule has 0 unspecified atom stereocenters. The average molecular weight is 213 g/mol. The van der Waals surface area contributed by atoms with Crippen LogP contribution in [0.5, 0.6) is 0 Å². The van der Waals surface area contributed by atoms with Crippen molar-refractivity contribution in [1.29, 1.82) is 0 Å². The van der Waals surface area contributed by atoms with E-state index in [9.17, 15) is 5.11 Å². The minimum absolute atomic E-state index is 0.367. The first-order valence-corrected chi connectivity index (χ1v) is 5.22. The Hall–Kier alpha value is -1.87. The lowest BCUT2D eigenvalue weighted by Gasteiger charge is -1.96. The Balaban J connectivity index is 2.41. The summed E-state index contributed by atoms with van der Waals surface area (Å²) < 4.78 is 5.58. The largest absolute Gasteiger partial charge is 0.437 e. The molecule has 16 heavy (non-hydrogen) atoms. The van der Waals surface area contributed by atoms with Gasteiger partial charge in [-0.2, -0.15) is 0 Å². The van der Waals surface area contributed by atoms with Crippen molar-refractivity contribution in [3.05, 3.63) is 42.3 Å². The first kappa shape index (κ1) is 9.36. The van der Waals surface area contributed by atoms with E-state index in [0.717, 1.165) is 21.9 Å². The van der Waals surface area contributed by atoms with Gasteiger partial charge in [0.25, 0.3) is 0 Å². The number of rotatable bonds is 1. The second kappa shape index (κ2) is 3.32. The van der Waals surface area contributed by atoms with Crippen molar-refractivity contribution in [3.8, 4) is 0 Å². The third kappa shape index (κ3) is 1.29. The quantitative estimate of drug-likeness (QED) is 0.675. The molecule has 1 aromatic heterocycles. The third-order valence-electron chi connectivity index (χ3n) is 2.65. The number of fused-ring (bicyclic) bond motifs is 3. The zero-order chi connectivity index (χ0) is 11.1. The van der Waals surface area contributed by atoms with E-state index in [1.807, 2.05) is 36.4 Å². The molecule has 0 amide bonds. The highest BCUT2D eigenvalue weighted by Crippen LogP contribution is 2.27. The van der Waals surface area contributed by atoms with Gasteiger partial charge >= 0.3 is 0 Å². The Morgan fingerprint density at radius 2 is 2.00 bits per heavy atom. The van der Waals surface area contributed by atoms with Gasteiger partial charge in [-0.25, -0.2) is 4.98 Å². The van der Waals surface area contributed by atoms with Gasteiger partial charge in [-0.05, 0) is 18.4 Å². The predicted octanol–water partition coefficient (Wildman–Crippen LogP) is 3.03. The van der Waals surface area contributed by atoms with Gasteiger partial charge in [-0.3, -0.25) is 0 Å². The van der Waals surface area contributed by atoms with E-state index in [1.165, 1.54) is 0 Å². The van der Waals surface area contributed by atoms with E-state index in [0.29, 0.717) is 5.89 Å². The van der Waals surface area contributed by atoms with Crippen molar-refractivity contribution in [3.63, 3.8) is 0 Å². The van der Waals surface area contributed by atoms with Gasteiger partial charge < -0.3 is 9.52 Å². The second-order valence-corrected chi connectivity index (χ2v) is 3.86. The normalized spacial score (nSPS) is 13.4. The monoisotopic (exact) mass is 213 g/mol. The molecular formula is C13H11NO2. The minimum atomic E-state index is -0.675. The highest BCUT2D eigenvalue weighted by atomic mass is 16.4. The summed E-state index contributed by atoms with van der Waals surface area (Å²) in [7, 11) is 0. The van der Waals surface area contributed by atoms with E-state index in [4.69, 9.17) is 4.42 Å². The van der Waals surface area contributed by atoms with Crippen LogP contribution in [0.15, 0.2) is 40.8 Å². The summed E-state index contributed by atoms with van der Waals surface area (Å²) in [6, 6.07) is 11.9. The fourth-order valence-corrected chi connectivity index (χ4v) is 1.85. The maximum atomic E-state index is 9.44. The van der Waals surface area contributed by atoms with Crippen molar-refractivity contribution < 1.29 is 9.52 Å². The number of aliphatic hydroxyl groups excluding tert-OH is 1. The zero-order valence-electron chi connectivity index (χ0n) is 8.84. The summed E-state index contributed by atoms with van der Waals surface area (Å²) in [5.74, 6) is 0.367. The molecule has 0 spiro atoms. The number of hydrogen-bond acceptors (Lipinski definition) is 3. The molecule has 0 aliphatic carbocycles. The number of aromatic nitrogens is 1. The van der Waals surface area contributed by atoms with Crippen LogP contribution in [-0.4, -0.2) is 10.1 Å². The van der Waals surface area contributed by atoms with Crippen LogP contribution in [0, 0.1) is 0 Å². The summed E-state index contributed by atoms with van der Waals surface area (Å²) in [5.41, 5.74) is 1.53. The minimum Gasteiger partial charge on any atom is -0.437 e. The van der Waals surface area contributed by atoms with Crippen molar-refractivity contribution in [2.45, 2.75) is 13.0 Å². The molecule has 3 heteroatoms. The van der Waals surface area contributed by atoms with Crippen LogP contribution in [0.3, 0.4) is 0 Å². The number of benzene rings is 2. The number of hydrogen-bond donors (Lipinski definition) is 1. The zero-order valence-corrected chi connectivity index (χ0v) is 8.84. The molecule has 3 rings (SSSR count). The average Bonchev–Trinajstić information content (AvgIpc) is 2.73. The molecule has 0 radical (unpaired) electrons. The van der Waals surface area contributed by atoms with Crippen LogP contribution in [0.2, 0.25) is 0 Å². The van der Waals surface area contributed by atoms with Crippen LogP contribution >= 0.6 is 0 Å². The summed E-state index contributed by atoms with van der Waals surface area (Å²) in [6.45, 7) is 1.65. The molecule has 0 aliphatic heterocycles. The van der Waals surface area contributed by atoms with Crippen LogP contribution < -0.4 is 0 Å². The van der Waals surface area contributed by atoms with Gasteiger partial charge in [0, 0.05) is 5.39 Å². The van der Waals surface area contributed by atoms with Crippen molar-refractivity contribution >= 4 is 21.9 Å². The molecule has 0 saturated heterocycles. The fraction of sp³-hybridized carbons (Fsp3) is 0.154. The van der Waals surface area contributed by atoms with Gasteiger partial charge in [-0.1, -0.05) is 30.3 Å². The maximum Gasteiger partial charge on any atom is 0.224 e. The van der Waals surface area contributed by atoms with Crippen LogP contribution in [0.1, 0.15) is 18.9 Å². The Morgan fingerprint density at radius 1 is 1.19 bits per heavy atom. The molecule has 1 heterocycles. The number of nitrogens with zero attached hydrogens (tertiary/aromatic N) is 1. The molecule has 3 nitrogen and oxygen atoms in total. The molecule has 3 aromatic rings. The fourth-order valence-electron chi connectivity index (χ4n) is 1.85. The highest BCUT2D eigenvalue weighted by molar-refractivity contribution is 6.02. The van der Waals surface area contributed by atoms with Gasteiger partial charge in [0.15, 0.2) is 5.58 Å². The molecule has 1 atom stereocenters. The lowest BCUT2D eigenvalue weighted by molar-refractivity contribution is 0.165. The lowest BCUT2D eigenvalue weighted by atomic mass is 10.1. The number of aliphatic hydroxyl groups is 1. The first-order valence-electron chi connectivity index (χ1n) is 5.22. The topological polar surface area (TPSA) is 46.3 Å². The van der Waals surface area contributed by atoms with Gasteiger partial charge in [-0.15, -0.1) is 0 Å². The van der Waals surface area contributed by atoms with Crippen LogP contribution in [-0.2, 0) is 0 Å². The molecule has 0 aliphatic rings. The molecule has 2 aromatic carbocycles. The Bertz CT molecular complexity index is 655. The Morgan fingerprint density at radius 3 is 2.81 bits per heavy atom. The van der Waals surface area contributed by atoms with Gasteiger partial charge in [0.2, 0.25) is 5.89 Å². The van der Waals surface area contributed by atoms with E-state index >= 15 is 0 Å². The SMILES string of the molecule is C[C@H](O)c1nc2ccc3ccccc3c2o1. The molecule has 0 saturated carbocycles. The van der Waals surface area contributed by atoms with Gasteiger partial charge in [0.1, 0.15) is 11.6 Å². The highest BCUT2D eigenvalue weighted by Gasteiger charge is 2.12. The van der Waals surface area contributed by atoms with E-state index in [2.05, 4.69) is 4.98 Å². The van der Waals surface area contributed by atoms with E-state index in [-0.39, 0.29) is 0 Å². The third-order valence-corrected chi connectivity index (χ3v) is 2.65. The summed E-state index contributed by atoms with van der Waals surface area (Å²) in [6.07, 6.45) is -0.675. The van der Waals surface area contributed by atoms with Crippen molar-refractivity contribution in [1.82, 2.24) is 4.98 Å². The van der Waals surface area contributed by atoms with E-state index in [1.54, 1.807) is 6.92 Å². The van der Waals surface area contributed by atoms with Crippen molar-refractivity contribution in [2.75, 3.05) is 0 Å². The molecule has 0 bridgehead atoms. The van der Waals surface area contributed by atoms with Gasteiger partial charge in [0.05, 0.1) is 0 Å². The Kier molecular flexibility index (Phi) is 1.94. The smallest absolute Gasteiger partial charge is 0.224 e. The molecule has 1 N–H and O–H groups in total. The predicted molar refractivity (Wildman–Crippen MR) is 62.1 cm³/mol. The first-order chi connectivity index (χ1) is 7.75. The standard InChI is InChI=1S/C13H11NO2/c1-8(15)13-14-11-7-6-9-4-2-3-5-10(9)12(11)16-13/h2-8,15H,1H3/t8-/m0/s1. The van der Waals surface area contributed by atoms with Crippen LogP contribution in [0.4, 0.5) is 0 Å². The second-order valence-electron chi connectivity index (χ2n) is 3.86. The summed E-state index contributed by atoms with van der Waals surface area (Å²) in [5, 5.41) is 11.6.